The zero-order chi connectivity index (χ0) is 15.6. The zero-order valence-electron chi connectivity index (χ0n) is 13.0. The first kappa shape index (κ1) is 16.0. The zero-order valence-corrected chi connectivity index (χ0v) is 14.7. The number of carbonyl (C=O) groups is 1. The maximum atomic E-state index is 11.9. The SMILES string of the molecule is CC1(C)COC(=O)[C@@H]1O[C@@H]1OCCC[C@H]1[Se]c1ccccc1. The van der Waals surface area contributed by atoms with Crippen LogP contribution in [0.5, 0.6) is 0 Å². The van der Waals surface area contributed by atoms with E-state index in [1.165, 1.54) is 4.46 Å². The molecule has 2 saturated heterocycles. The van der Waals surface area contributed by atoms with Crippen LogP contribution in [-0.2, 0) is 19.0 Å². The molecule has 5 heteroatoms. The van der Waals surface area contributed by atoms with Crippen LogP contribution in [0.2, 0.25) is 4.82 Å². The summed E-state index contributed by atoms with van der Waals surface area (Å²) in [4.78, 5) is 12.3. The number of ether oxygens (including phenoxy) is 3. The van der Waals surface area contributed by atoms with Crippen LogP contribution in [0.15, 0.2) is 30.3 Å². The van der Waals surface area contributed by atoms with Gasteiger partial charge in [0.1, 0.15) is 0 Å². The van der Waals surface area contributed by atoms with E-state index in [-0.39, 0.29) is 32.6 Å². The van der Waals surface area contributed by atoms with Crippen molar-refractivity contribution in [2.75, 3.05) is 13.2 Å². The van der Waals surface area contributed by atoms with Crippen molar-refractivity contribution in [2.45, 2.75) is 43.9 Å². The Kier molecular flexibility index (Phi) is 4.88. The van der Waals surface area contributed by atoms with Crippen LogP contribution in [0.1, 0.15) is 26.7 Å². The van der Waals surface area contributed by atoms with Gasteiger partial charge in [-0.15, -0.1) is 0 Å². The van der Waals surface area contributed by atoms with E-state index in [9.17, 15) is 4.79 Å². The molecule has 0 aromatic heterocycles. The molecule has 3 rings (SSSR count). The molecule has 1 aromatic rings. The molecule has 4 nitrogen and oxygen atoms in total. The van der Waals surface area contributed by atoms with E-state index >= 15 is 0 Å². The standard InChI is InChI=1S/C17H22O4Se/c1-17(2)11-20-15(18)14(17)21-16-13(9-6-10-19-16)22-12-7-4-3-5-8-12/h3-5,7-8,13-14,16H,6,9-11H2,1-2H3/t13-,14+,16+/m1/s1. The normalized spacial score (nSPS) is 31.0. The molecule has 2 heterocycles. The molecule has 1 aromatic carbocycles. The van der Waals surface area contributed by atoms with Crippen LogP contribution in [-0.4, -0.2) is 46.5 Å². The fourth-order valence-electron chi connectivity index (χ4n) is 2.74. The molecule has 22 heavy (non-hydrogen) atoms. The summed E-state index contributed by atoms with van der Waals surface area (Å²) in [6.07, 6.45) is 1.31. The van der Waals surface area contributed by atoms with E-state index in [4.69, 9.17) is 14.2 Å². The number of cyclic esters (lactones) is 1. The molecule has 2 aliphatic rings. The number of esters is 1. The Bertz CT molecular complexity index is 517. The van der Waals surface area contributed by atoms with Crippen LogP contribution in [0.4, 0.5) is 0 Å². The van der Waals surface area contributed by atoms with E-state index < -0.39 is 6.10 Å². The second kappa shape index (κ2) is 6.71. The Morgan fingerprint density at radius 1 is 1.27 bits per heavy atom. The summed E-state index contributed by atoms with van der Waals surface area (Å²) in [7, 11) is 0. The van der Waals surface area contributed by atoms with Crippen molar-refractivity contribution in [1.29, 1.82) is 0 Å². The average Bonchev–Trinajstić information content (AvgIpc) is 2.77. The molecule has 0 radical (unpaired) electrons. The molecule has 0 saturated carbocycles. The third-order valence-electron chi connectivity index (χ3n) is 4.03. The van der Waals surface area contributed by atoms with Crippen LogP contribution in [0, 0.1) is 5.41 Å². The Morgan fingerprint density at radius 2 is 2.05 bits per heavy atom. The molecular formula is C17H22O4Se. The van der Waals surface area contributed by atoms with Crippen molar-refractivity contribution in [3.8, 4) is 0 Å². The van der Waals surface area contributed by atoms with Gasteiger partial charge in [-0.2, -0.15) is 0 Å². The van der Waals surface area contributed by atoms with Gasteiger partial charge < -0.3 is 0 Å². The van der Waals surface area contributed by atoms with Gasteiger partial charge in [0.25, 0.3) is 0 Å². The van der Waals surface area contributed by atoms with Crippen LogP contribution >= 0.6 is 0 Å². The molecule has 2 fully saturated rings. The summed E-state index contributed by atoms with van der Waals surface area (Å²) in [6.45, 7) is 5.12. The third kappa shape index (κ3) is 3.54. The fourth-order valence-corrected chi connectivity index (χ4v) is 5.27. The van der Waals surface area contributed by atoms with Crippen molar-refractivity contribution in [1.82, 2.24) is 0 Å². The fraction of sp³-hybridized carbons (Fsp3) is 0.588. The van der Waals surface area contributed by atoms with Crippen molar-refractivity contribution in [2.24, 2.45) is 5.41 Å². The van der Waals surface area contributed by atoms with Gasteiger partial charge in [0.15, 0.2) is 0 Å². The average molecular weight is 369 g/mol. The molecule has 0 bridgehead atoms. The quantitative estimate of drug-likeness (QED) is 0.601. The molecular weight excluding hydrogens is 347 g/mol. The summed E-state index contributed by atoms with van der Waals surface area (Å²) in [5.74, 6) is -0.259. The Hall–Kier alpha value is -0.871. The molecule has 3 atom stereocenters. The van der Waals surface area contributed by atoms with E-state index in [1.54, 1.807) is 0 Å². The third-order valence-corrected chi connectivity index (χ3v) is 6.77. The van der Waals surface area contributed by atoms with Gasteiger partial charge in [-0.05, 0) is 0 Å². The number of hydrogen-bond acceptors (Lipinski definition) is 4. The van der Waals surface area contributed by atoms with Gasteiger partial charge in [-0.1, -0.05) is 0 Å². The Labute approximate surface area is 137 Å². The van der Waals surface area contributed by atoms with Crippen molar-refractivity contribution < 1.29 is 19.0 Å². The predicted molar refractivity (Wildman–Crippen MR) is 84.2 cm³/mol. The molecule has 0 amide bonds. The Morgan fingerprint density at radius 3 is 2.73 bits per heavy atom. The van der Waals surface area contributed by atoms with Crippen LogP contribution < -0.4 is 4.46 Å². The minimum atomic E-state index is -0.523. The van der Waals surface area contributed by atoms with Crippen molar-refractivity contribution >= 4 is 25.4 Å². The van der Waals surface area contributed by atoms with Crippen molar-refractivity contribution in [3.05, 3.63) is 30.3 Å². The van der Waals surface area contributed by atoms with E-state index in [0.29, 0.717) is 18.0 Å². The molecule has 0 unspecified atom stereocenters. The van der Waals surface area contributed by atoms with Crippen LogP contribution in [0.25, 0.3) is 0 Å². The number of hydrogen-bond donors (Lipinski definition) is 0. The topological polar surface area (TPSA) is 44.8 Å². The minimum absolute atomic E-state index is 0.259. The Balaban J connectivity index is 1.69. The van der Waals surface area contributed by atoms with Gasteiger partial charge in [0.05, 0.1) is 0 Å². The summed E-state index contributed by atoms with van der Waals surface area (Å²) >= 11 is 0.277. The van der Waals surface area contributed by atoms with Gasteiger partial charge in [0.2, 0.25) is 0 Å². The second-order valence-corrected chi connectivity index (χ2v) is 9.22. The number of carbonyl (C=O) groups excluding carboxylic acids is 1. The van der Waals surface area contributed by atoms with Gasteiger partial charge in [0, 0.05) is 0 Å². The predicted octanol–water partition coefficient (Wildman–Crippen LogP) is 1.91. The van der Waals surface area contributed by atoms with Gasteiger partial charge >= 0.3 is 137 Å². The first-order valence-electron chi connectivity index (χ1n) is 7.72. The molecule has 0 spiro atoms. The van der Waals surface area contributed by atoms with Gasteiger partial charge in [-0.3, -0.25) is 0 Å². The molecule has 2 aliphatic heterocycles. The summed E-state index contributed by atoms with van der Waals surface area (Å²) in [6, 6.07) is 10.5. The second-order valence-electron chi connectivity index (χ2n) is 6.46. The summed E-state index contributed by atoms with van der Waals surface area (Å²) in [5.41, 5.74) is -0.289. The summed E-state index contributed by atoms with van der Waals surface area (Å²) < 4.78 is 18.4. The van der Waals surface area contributed by atoms with Crippen LogP contribution in [0.3, 0.4) is 0 Å². The molecule has 0 aliphatic carbocycles. The number of rotatable bonds is 4. The van der Waals surface area contributed by atoms with E-state index in [2.05, 4.69) is 24.3 Å². The van der Waals surface area contributed by atoms with E-state index in [0.717, 1.165) is 12.8 Å². The first-order chi connectivity index (χ1) is 10.6. The molecule has 0 N–H and O–H groups in total. The van der Waals surface area contributed by atoms with Gasteiger partial charge in [-0.25, -0.2) is 0 Å². The van der Waals surface area contributed by atoms with E-state index in [1.807, 2.05) is 19.9 Å². The van der Waals surface area contributed by atoms with Crippen molar-refractivity contribution in [3.63, 3.8) is 0 Å². The monoisotopic (exact) mass is 370 g/mol. The first-order valence-corrected chi connectivity index (χ1v) is 9.56. The maximum absolute atomic E-state index is 11.9. The summed E-state index contributed by atoms with van der Waals surface area (Å²) in [5, 5.41) is 0. The molecule has 120 valence electrons. The number of benzene rings is 1.